The lowest BCUT2D eigenvalue weighted by atomic mass is 10.1. The summed E-state index contributed by atoms with van der Waals surface area (Å²) in [6.07, 6.45) is 1.62. The highest BCUT2D eigenvalue weighted by atomic mass is 79.9. The highest BCUT2D eigenvalue weighted by Crippen LogP contribution is 2.36. The molecule has 33 heavy (non-hydrogen) atoms. The van der Waals surface area contributed by atoms with Crippen molar-refractivity contribution in [2.24, 2.45) is 0 Å². The fourth-order valence-corrected chi connectivity index (χ4v) is 3.76. The van der Waals surface area contributed by atoms with E-state index < -0.39 is 11.8 Å². The molecule has 2 aromatic heterocycles. The number of carbonyl (C=O) groups is 1. The molecule has 0 bridgehead atoms. The molecule has 0 aliphatic rings. The zero-order chi connectivity index (χ0) is 23.5. The molecule has 166 valence electrons. The Kier molecular flexibility index (Phi) is 6.53. The maximum absolute atomic E-state index is 15.5. The molecule has 0 fully saturated rings. The van der Waals surface area contributed by atoms with Gasteiger partial charge < -0.3 is 9.47 Å². The number of fused-ring (bicyclic) bond motifs is 1. The topological polar surface area (TPSA) is 103 Å². The van der Waals surface area contributed by atoms with E-state index >= 15 is 4.39 Å². The Balaban J connectivity index is 1.69. The Bertz CT molecular complexity index is 1420. The van der Waals surface area contributed by atoms with E-state index in [2.05, 4.69) is 31.2 Å². The Morgan fingerprint density at radius 3 is 2.88 bits per heavy atom. The number of aromatic nitrogens is 4. The van der Waals surface area contributed by atoms with Crippen molar-refractivity contribution < 1.29 is 18.7 Å². The number of halogens is 3. The van der Waals surface area contributed by atoms with Crippen molar-refractivity contribution >= 4 is 44.5 Å². The van der Waals surface area contributed by atoms with Crippen molar-refractivity contribution in [3.63, 3.8) is 0 Å². The third kappa shape index (κ3) is 4.94. The Morgan fingerprint density at radius 2 is 2.12 bits per heavy atom. The first-order chi connectivity index (χ1) is 15.9. The molecular weight excluding hydrogens is 517 g/mol. The molecule has 0 aliphatic carbocycles. The summed E-state index contributed by atoms with van der Waals surface area (Å²) in [5.41, 5.74) is 1.53. The number of carbonyl (C=O) groups excluding carboxylic acids is 1. The van der Waals surface area contributed by atoms with Gasteiger partial charge in [-0.05, 0) is 51.8 Å². The van der Waals surface area contributed by atoms with E-state index in [1.807, 2.05) is 6.07 Å². The molecule has 0 amide bonds. The Labute approximate surface area is 200 Å². The Hall–Kier alpha value is -3.55. The maximum Gasteiger partial charge on any atom is 0.304 e. The number of benzene rings is 2. The van der Waals surface area contributed by atoms with E-state index in [0.29, 0.717) is 31.8 Å². The second kappa shape index (κ2) is 9.52. The van der Waals surface area contributed by atoms with Gasteiger partial charge in [0.1, 0.15) is 5.75 Å². The van der Waals surface area contributed by atoms with Crippen LogP contribution in [0.4, 0.5) is 4.39 Å². The summed E-state index contributed by atoms with van der Waals surface area (Å²) in [5.74, 6) is -0.901. The third-order valence-electron chi connectivity index (χ3n) is 4.60. The van der Waals surface area contributed by atoms with E-state index in [4.69, 9.17) is 26.3 Å². The van der Waals surface area contributed by atoms with Crippen LogP contribution in [-0.4, -0.2) is 25.9 Å². The normalized spacial score (nSPS) is 10.8. The number of nitrogens with zero attached hydrogens (tertiary/aromatic N) is 5. The number of nitriles is 1. The highest BCUT2D eigenvalue weighted by Gasteiger charge is 2.19. The van der Waals surface area contributed by atoms with Crippen molar-refractivity contribution in [2.75, 3.05) is 0 Å². The molecule has 11 heteroatoms. The molecule has 0 aliphatic heterocycles. The van der Waals surface area contributed by atoms with Crippen molar-refractivity contribution in [2.45, 2.75) is 20.1 Å². The van der Waals surface area contributed by atoms with Gasteiger partial charge in [-0.1, -0.05) is 17.7 Å². The average Bonchev–Trinajstić information content (AvgIpc) is 3.14. The van der Waals surface area contributed by atoms with Gasteiger partial charge in [0, 0.05) is 23.8 Å². The zero-order valence-electron chi connectivity index (χ0n) is 17.1. The van der Waals surface area contributed by atoms with Crippen LogP contribution in [0.5, 0.6) is 11.5 Å². The Morgan fingerprint density at radius 1 is 1.30 bits per heavy atom. The molecule has 0 unspecified atom stereocenters. The summed E-state index contributed by atoms with van der Waals surface area (Å²) in [4.78, 5) is 11.2. The van der Waals surface area contributed by atoms with Crippen LogP contribution in [0.15, 0.2) is 47.1 Å². The third-order valence-corrected chi connectivity index (χ3v) is 5.44. The number of hydrogen-bond acceptors (Lipinski definition) is 7. The predicted molar refractivity (Wildman–Crippen MR) is 120 cm³/mol. The van der Waals surface area contributed by atoms with Gasteiger partial charge in [0.05, 0.1) is 28.0 Å². The minimum atomic E-state index is -0.604. The molecule has 4 aromatic rings. The van der Waals surface area contributed by atoms with Crippen LogP contribution in [0.2, 0.25) is 5.02 Å². The van der Waals surface area contributed by atoms with E-state index in [1.165, 1.54) is 36.0 Å². The molecule has 2 heterocycles. The van der Waals surface area contributed by atoms with Crippen LogP contribution in [0, 0.1) is 17.1 Å². The fraction of sp³-hybridized carbons (Fsp3) is 0.136. The van der Waals surface area contributed by atoms with Gasteiger partial charge in [0.15, 0.2) is 23.9 Å². The molecule has 0 saturated heterocycles. The van der Waals surface area contributed by atoms with E-state index in [9.17, 15) is 4.79 Å². The first-order valence-electron chi connectivity index (χ1n) is 9.51. The minimum Gasteiger partial charge on any atom is -0.453 e. The fourth-order valence-electron chi connectivity index (χ4n) is 3.15. The molecule has 0 atom stereocenters. The van der Waals surface area contributed by atoms with Gasteiger partial charge in [-0.3, -0.25) is 4.79 Å². The highest BCUT2D eigenvalue weighted by molar-refractivity contribution is 9.10. The SMILES string of the molecule is CC(=O)OCn1nc(Cc2ccc(Br)c(Oc3cc(Cl)cc(C#N)c3)c2F)c2ccnnc21. The molecule has 0 radical (unpaired) electrons. The number of rotatable bonds is 6. The average molecular weight is 531 g/mol. The summed E-state index contributed by atoms with van der Waals surface area (Å²) < 4.78 is 28.0. The molecule has 8 nitrogen and oxygen atoms in total. The van der Waals surface area contributed by atoms with Gasteiger partial charge >= 0.3 is 5.97 Å². The lowest BCUT2D eigenvalue weighted by Crippen LogP contribution is -2.09. The number of ether oxygens (including phenoxy) is 2. The van der Waals surface area contributed by atoms with Crippen LogP contribution in [0.25, 0.3) is 11.0 Å². The lowest BCUT2D eigenvalue weighted by molar-refractivity contribution is -0.145. The van der Waals surface area contributed by atoms with Gasteiger partial charge in [-0.15, -0.1) is 5.10 Å². The molecule has 0 spiro atoms. The van der Waals surface area contributed by atoms with E-state index in [0.717, 1.165) is 0 Å². The van der Waals surface area contributed by atoms with Gasteiger partial charge in [-0.2, -0.15) is 15.5 Å². The van der Waals surface area contributed by atoms with Gasteiger partial charge in [-0.25, -0.2) is 9.07 Å². The van der Waals surface area contributed by atoms with Crippen LogP contribution >= 0.6 is 27.5 Å². The standard InChI is InChI=1S/C22H14BrClFN5O3/c1-12(31)32-11-30-22-17(4-5-27-28-22)19(29-30)8-14-2-3-18(23)21(20(14)25)33-16-7-13(10-26)6-15(24)9-16/h2-7,9H,8,11H2,1H3. The zero-order valence-corrected chi connectivity index (χ0v) is 19.4. The predicted octanol–water partition coefficient (Wildman–Crippen LogP) is 5.16. The van der Waals surface area contributed by atoms with Crippen LogP contribution in [0.3, 0.4) is 0 Å². The van der Waals surface area contributed by atoms with E-state index in [1.54, 1.807) is 18.2 Å². The quantitative estimate of drug-likeness (QED) is 0.317. The van der Waals surface area contributed by atoms with Crippen molar-refractivity contribution in [1.29, 1.82) is 5.26 Å². The van der Waals surface area contributed by atoms with Crippen molar-refractivity contribution in [1.82, 2.24) is 20.0 Å². The monoisotopic (exact) mass is 529 g/mol. The first-order valence-corrected chi connectivity index (χ1v) is 10.7. The second-order valence-corrected chi connectivity index (χ2v) is 8.19. The van der Waals surface area contributed by atoms with Gasteiger partial charge in [0.25, 0.3) is 0 Å². The minimum absolute atomic E-state index is 0.0536. The summed E-state index contributed by atoms with van der Waals surface area (Å²) in [6.45, 7) is 1.15. The van der Waals surface area contributed by atoms with Crippen molar-refractivity contribution in [3.8, 4) is 17.6 Å². The second-order valence-electron chi connectivity index (χ2n) is 6.90. The van der Waals surface area contributed by atoms with Crippen molar-refractivity contribution in [3.05, 3.63) is 74.7 Å². The first kappa shape index (κ1) is 22.6. The molecule has 4 rings (SSSR count). The van der Waals surface area contributed by atoms with Gasteiger partial charge in [0.2, 0.25) is 0 Å². The summed E-state index contributed by atoms with van der Waals surface area (Å²) in [7, 11) is 0. The van der Waals surface area contributed by atoms with Crippen LogP contribution < -0.4 is 4.74 Å². The molecule has 0 saturated carbocycles. The molecule has 0 N–H and O–H groups in total. The number of hydrogen-bond donors (Lipinski definition) is 0. The summed E-state index contributed by atoms with van der Waals surface area (Å²) >= 11 is 9.33. The lowest BCUT2D eigenvalue weighted by Gasteiger charge is -2.12. The van der Waals surface area contributed by atoms with E-state index in [-0.39, 0.29) is 30.2 Å². The maximum atomic E-state index is 15.5. The number of esters is 1. The summed E-state index contributed by atoms with van der Waals surface area (Å²) in [6, 6.07) is 11.4. The largest absolute Gasteiger partial charge is 0.453 e. The summed E-state index contributed by atoms with van der Waals surface area (Å²) in [5, 5.41) is 22.4. The van der Waals surface area contributed by atoms with Crippen LogP contribution in [-0.2, 0) is 22.7 Å². The van der Waals surface area contributed by atoms with Crippen LogP contribution in [0.1, 0.15) is 23.7 Å². The molecule has 2 aromatic carbocycles. The molecular formula is C22H14BrClFN5O3. The smallest absolute Gasteiger partial charge is 0.304 e.